The third-order valence-electron chi connectivity index (χ3n) is 5.13. The lowest BCUT2D eigenvalue weighted by atomic mass is 10.2. The van der Waals surface area contributed by atoms with E-state index >= 15 is 0 Å². The van der Waals surface area contributed by atoms with Gasteiger partial charge in [-0.2, -0.15) is 13.2 Å². The molecule has 0 aliphatic rings. The Morgan fingerprint density at radius 3 is 2.13 bits per heavy atom. The molecule has 0 radical (unpaired) electrons. The molecule has 0 bridgehead atoms. The van der Waals surface area contributed by atoms with Gasteiger partial charge in [-0.3, -0.25) is 9.88 Å². The van der Waals surface area contributed by atoms with E-state index in [4.69, 9.17) is 16.3 Å². The standard InChI is InChI=1S/C26H23ClF3N5O3/c1-25(2,3)38-24(37)34-17-7-11-22-21(13-17)31-14-35(22)18-8-4-15(5-9-18)32-23(36)33-16-6-10-20(27)19(12-16)26(28,29)30/h4-14H,1-3H3,(H,34,37)(H2,32,33,36). The monoisotopic (exact) mass is 545 g/mol. The summed E-state index contributed by atoms with van der Waals surface area (Å²) >= 11 is 5.61. The minimum Gasteiger partial charge on any atom is -0.444 e. The molecular weight excluding hydrogens is 523 g/mol. The van der Waals surface area contributed by atoms with Gasteiger partial charge in [-0.05, 0) is 81.4 Å². The number of alkyl halides is 3. The average Bonchev–Trinajstić information content (AvgIpc) is 3.22. The second kappa shape index (κ2) is 10.3. The number of carbonyl (C=O) groups excluding carboxylic acids is 2. The van der Waals surface area contributed by atoms with Gasteiger partial charge in [0.15, 0.2) is 0 Å². The maximum Gasteiger partial charge on any atom is 0.417 e. The fraction of sp³-hybridized carbons (Fsp3) is 0.192. The second-order valence-electron chi connectivity index (χ2n) is 9.26. The Kier molecular flexibility index (Phi) is 7.23. The van der Waals surface area contributed by atoms with E-state index < -0.39 is 34.5 Å². The fourth-order valence-electron chi connectivity index (χ4n) is 3.54. The number of amides is 3. The van der Waals surface area contributed by atoms with Crippen molar-refractivity contribution in [3.8, 4) is 5.69 Å². The molecule has 0 spiro atoms. The van der Waals surface area contributed by atoms with Gasteiger partial charge in [0.2, 0.25) is 0 Å². The number of halogens is 4. The lowest BCUT2D eigenvalue weighted by Gasteiger charge is -2.19. The van der Waals surface area contributed by atoms with Crippen molar-refractivity contribution in [2.45, 2.75) is 32.5 Å². The highest BCUT2D eigenvalue weighted by Crippen LogP contribution is 2.36. The number of aromatic nitrogens is 2. The van der Waals surface area contributed by atoms with E-state index in [1.54, 1.807) is 69.6 Å². The number of hydrogen-bond donors (Lipinski definition) is 3. The second-order valence-corrected chi connectivity index (χ2v) is 9.67. The molecule has 1 heterocycles. The van der Waals surface area contributed by atoms with Gasteiger partial charge in [-0.25, -0.2) is 14.6 Å². The van der Waals surface area contributed by atoms with Gasteiger partial charge in [0.1, 0.15) is 11.9 Å². The van der Waals surface area contributed by atoms with Crippen LogP contribution in [0.15, 0.2) is 67.0 Å². The van der Waals surface area contributed by atoms with Crippen LogP contribution in [0, 0.1) is 0 Å². The highest BCUT2D eigenvalue weighted by atomic mass is 35.5. The first-order valence-corrected chi connectivity index (χ1v) is 11.7. The van der Waals surface area contributed by atoms with Gasteiger partial charge in [0.05, 0.1) is 21.6 Å². The lowest BCUT2D eigenvalue weighted by Crippen LogP contribution is -2.27. The summed E-state index contributed by atoms with van der Waals surface area (Å²) in [6.45, 7) is 5.33. The number of carbonyl (C=O) groups is 2. The van der Waals surface area contributed by atoms with Crippen LogP contribution >= 0.6 is 11.6 Å². The zero-order valence-corrected chi connectivity index (χ0v) is 21.2. The quantitative estimate of drug-likeness (QED) is 0.245. The summed E-state index contributed by atoms with van der Waals surface area (Å²) in [4.78, 5) is 28.7. The van der Waals surface area contributed by atoms with Crippen molar-refractivity contribution >= 4 is 51.8 Å². The highest BCUT2D eigenvalue weighted by Gasteiger charge is 2.33. The summed E-state index contributed by atoms with van der Waals surface area (Å²) in [6, 6.07) is 14.4. The van der Waals surface area contributed by atoms with Crippen LogP contribution in [0.25, 0.3) is 16.7 Å². The summed E-state index contributed by atoms with van der Waals surface area (Å²) in [5.74, 6) is 0. The molecule has 0 atom stereocenters. The van der Waals surface area contributed by atoms with E-state index in [0.717, 1.165) is 23.3 Å². The van der Waals surface area contributed by atoms with E-state index in [2.05, 4.69) is 20.9 Å². The maximum absolute atomic E-state index is 13.0. The Balaban J connectivity index is 1.43. The Hall–Kier alpha value is -4.25. The molecule has 0 aliphatic heterocycles. The number of hydrogen-bond acceptors (Lipinski definition) is 4. The zero-order valence-electron chi connectivity index (χ0n) is 20.5. The van der Waals surface area contributed by atoms with E-state index in [-0.39, 0.29) is 5.69 Å². The van der Waals surface area contributed by atoms with Crippen LogP contribution in [0.4, 0.5) is 39.8 Å². The van der Waals surface area contributed by atoms with Crippen molar-refractivity contribution in [3.05, 3.63) is 77.6 Å². The smallest absolute Gasteiger partial charge is 0.417 e. The molecular formula is C26H23ClF3N5O3. The minimum absolute atomic E-state index is 0.0544. The minimum atomic E-state index is -4.64. The number of anilines is 3. The predicted molar refractivity (Wildman–Crippen MR) is 140 cm³/mol. The largest absolute Gasteiger partial charge is 0.444 e. The molecule has 0 saturated heterocycles. The number of urea groups is 1. The van der Waals surface area contributed by atoms with Gasteiger partial charge in [-0.15, -0.1) is 0 Å². The van der Waals surface area contributed by atoms with Crippen LogP contribution in [0.5, 0.6) is 0 Å². The number of nitrogens with one attached hydrogen (secondary N) is 3. The van der Waals surface area contributed by atoms with Crippen LogP contribution in [-0.4, -0.2) is 27.3 Å². The number of fused-ring (bicyclic) bond motifs is 1. The van der Waals surface area contributed by atoms with E-state index in [1.807, 2.05) is 4.57 Å². The molecule has 1 aromatic heterocycles. The third kappa shape index (κ3) is 6.54. The van der Waals surface area contributed by atoms with E-state index in [9.17, 15) is 22.8 Å². The van der Waals surface area contributed by atoms with Crippen molar-refractivity contribution in [3.63, 3.8) is 0 Å². The zero-order chi connectivity index (χ0) is 27.7. The van der Waals surface area contributed by atoms with Gasteiger partial charge in [0, 0.05) is 22.7 Å². The first kappa shape index (κ1) is 26.8. The first-order chi connectivity index (χ1) is 17.8. The molecule has 0 aliphatic carbocycles. The third-order valence-corrected chi connectivity index (χ3v) is 5.46. The van der Waals surface area contributed by atoms with Gasteiger partial charge in [-0.1, -0.05) is 11.6 Å². The number of nitrogens with zero attached hydrogens (tertiary/aromatic N) is 2. The topological polar surface area (TPSA) is 97.3 Å². The Morgan fingerprint density at radius 1 is 0.868 bits per heavy atom. The molecule has 8 nitrogen and oxygen atoms in total. The Bertz CT molecular complexity index is 1500. The van der Waals surface area contributed by atoms with Crippen molar-refractivity contribution in [1.82, 2.24) is 9.55 Å². The van der Waals surface area contributed by atoms with Crippen molar-refractivity contribution in [2.75, 3.05) is 16.0 Å². The maximum atomic E-state index is 13.0. The predicted octanol–water partition coefficient (Wildman–Crippen LogP) is 7.69. The van der Waals surface area contributed by atoms with Crippen molar-refractivity contribution in [2.24, 2.45) is 0 Å². The summed E-state index contributed by atoms with van der Waals surface area (Å²) < 4.78 is 46.2. The summed E-state index contributed by atoms with van der Waals surface area (Å²) in [5.41, 5.74) is 1.41. The number of rotatable bonds is 4. The summed E-state index contributed by atoms with van der Waals surface area (Å²) in [6.07, 6.45) is -3.59. The van der Waals surface area contributed by atoms with Crippen molar-refractivity contribution < 1.29 is 27.5 Å². The summed E-state index contributed by atoms with van der Waals surface area (Å²) in [7, 11) is 0. The Morgan fingerprint density at radius 2 is 1.47 bits per heavy atom. The number of benzene rings is 3. The molecule has 0 unspecified atom stereocenters. The van der Waals surface area contributed by atoms with Crippen LogP contribution in [0.2, 0.25) is 5.02 Å². The Labute approximate surface area is 220 Å². The van der Waals surface area contributed by atoms with Crippen LogP contribution in [0.3, 0.4) is 0 Å². The van der Waals surface area contributed by atoms with Gasteiger partial charge in [0.25, 0.3) is 0 Å². The van der Waals surface area contributed by atoms with Crippen LogP contribution in [-0.2, 0) is 10.9 Å². The van der Waals surface area contributed by atoms with E-state index in [1.165, 1.54) is 6.07 Å². The van der Waals surface area contributed by atoms with Gasteiger partial charge >= 0.3 is 18.3 Å². The highest BCUT2D eigenvalue weighted by molar-refractivity contribution is 6.31. The molecule has 4 aromatic rings. The first-order valence-electron chi connectivity index (χ1n) is 11.3. The van der Waals surface area contributed by atoms with E-state index in [0.29, 0.717) is 16.9 Å². The molecule has 0 saturated carbocycles. The SMILES string of the molecule is CC(C)(C)OC(=O)Nc1ccc2c(c1)ncn2-c1ccc(NC(=O)Nc2ccc(Cl)c(C(F)(F)F)c2)cc1. The molecule has 4 rings (SSSR count). The van der Waals surface area contributed by atoms with Gasteiger partial charge < -0.3 is 15.4 Å². The fourth-order valence-corrected chi connectivity index (χ4v) is 3.76. The number of imidazole rings is 1. The summed E-state index contributed by atoms with van der Waals surface area (Å²) in [5, 5.41) is 7.16. The molecule has 3 amide bonds. The van der Waals surface area contributed by atoms with Crippen LogP contribution in [0.1, 0.15) is 26.3 Å². The molecule has 3 N–H and O–H groups in total. The normalized spacial score (nSPS) is 11.8. The molecule has 0 fully saturated rings. The molecule has 198 valence electrons. The van der Waals surface area contributed by atoms with Crippen LogP contribution < -0.4 is 16.0 Å². The van der Waals surface area contributed by atoms with Crippen molar-refractivity contribution in [1.29, 1.82) is 0 Å². The molecule has 3 aromatic carbocycles. The lowest BCUT2D eigenvalue weighted by molar-refractivity contribution is -0.137. The molecule has 38 heavy (non-hydrogen) atoms. The average molecular weight is 546 g/mol. The molecule has 12 heteroatoms. The number of ether oxygens (including phenoxy) is 1.